The number of rotatable bonds is 5. The van der Waals surface area contributed by atoms with E-state index < -0.39 is 0 Å². The Kier molecular flexibility index (Phi) is 6.07. The van der Waals surface area contributed by atoms with Gasteiger partial charge in [0.05, 0.1) is 19.8 Å². The van der Waals surface area contributed by atoms with E-state index >= 15 is 0 Å². The first kappa shape index (κ1) is 14.9. The van der Waals surface area contributed by atoms with Crippen LogP contribution in [0.25, 0.3) is 0 Å². The summed E-state index contributed by atoms with van der Waals surface area (Å²) in [5.74, 6) is -0.175. The monoisotopic (exact) mass is 257 g/mol. The van der Waals surface area contributed by atoms with Gasteiger partial charge in [-0.05, 0) is 13.8 Å². The van der Waals surface area contributed by atoms with Crippen molar-refractivity contribution in [2.45, 2.75) is 32.4 Å². The fourth-order valence-corrected chi connectivity index (χ4v) is 1.79. The largest absolute Gasteiger partial charge is 0.378 e. The van der Waals surface area contributed by atoms with Crippen molar-refractivity contribution in [2.24, 2.45) is 0 Å². The Morgan fingerprint density at radius 3 is 2.78 bits per heavy atom. The predicted octanol–water partition coefficient (Wildman–Crippen LogP) is -0.652. The van der Waals surface area contributed by atoms with Crippen LogP contribution in [0.15, 0.2) is 0 Å². The highest BCUT2D eigenvalue weighted by atomic mass is 16.5. The summed E-state index contributed by atoms with van der Waals surface area (Å²) >= 11 is 0. The summed E-state index contributed by atoms with van der Waals surface area (Å²) in [6.45, 7) is 5.90. The first-order valence-corrected chi connectivity index (χ1v) is 6.33. The molecule has 0 saturated carbocycles. The molecule has 0 aromatic heterocycles. The molecule has 2 N–H and O–H groups in total. The van der Waals surface area contributed by atoms with E-state index in [9.17, 15) is 9.59 Å². The molecule has 104 valence electrons. The van der Waals surface area contributed by atoms with Crippen LogP contribution < -0.4 is 10.6 Å². The summed E-state index contributed by atoms with van der Waals surface area (Å²) in [5.41, 5.74) is 0. The van der Waals surface area contributed by atoms with Crippen LogP contribution >= 0.6 is 0 Å². The van der Waals surface area contributed by atoms with Crippen LogP contribution in [0.5, 0.6) is 0 Å². The minimum absolute atomic E-state index is 0.0445. The van der Waals surface area contributed by atoms with E-state index in [1.807, 2.05) is 13.8 Å². The molecule has 2 amide bonds. The van der Waals surface area contributed by atoms with Crippen molar-refractivity contribution in [2.75, 3.05) is 33.4 Å². The lowest BCUT2D eigenvalue weighted by Gasteiger charge is -2.25. The quantitative estimate of drug-likeness (QED) is 0.686. The van der Waals surface area contributed by atoms with Crippen molar-refractivity contribution in [3.8, 4) is 0 Å². The molecule has 0 radical (unpaired) electrons. The number of ether oxygens (including phenoxy) is 1. The van der Waals surface area contributed by atoms with Crippen molar-refractivity contribution in [3.05, 3.63) is 0 Å². The third-order valence-electron chi connectivity index (χ3n) is 2.68. The smallest absolute Gasteiger partial charge is 0.239 e. The van der Waals surface area contributed by atoms with Crippen LogP contribution in [0.3, 0.4) is 0 Å². The first-order valence-electron chi connectivity index (χ1n) is 6.33. The average Bonchev–Trinajstić information content (AvgIpc) is 2.28. The molecular formula is C12H23N3O3. The van der Waals surface area contributed by atoms with Crippen LogP contribution in [0.4, 0.5) is 0 Å². The standard InChI is InChI=1S/C12H23N3O3/c1-9(2)14-11(16)7-15(3)12(17)6-10-8-18-5-4-13-10/h9-10,13H,4-8H2,1-3H3,(H,14,16). The van der Waals surface area contributed by atoms with Crippen molar-refractivity contribution < 1.29 is 14.3 Å². The maximum atomic E-state index is 11.9. The summed E-state index contributed by atoms with van der Waals surface area (Å²) in [4.78, 5) is 24.9. The molecule has 1 aliphatic rings. The van der Waals surface area contributed by atoms with Gasteiger partial charge < -0.3 is 20.3 Å². The van der Waals surface area contributed by atoms with Crippen LogP contribution in [-0.2, 0) is 14.3 Å². The number of carbonyl (C=O) groups excluding carboxylic acids is 2. The molecule has 1 atom stereocenters. The highest BCUT2D eigenvalue weighted by Crippen LogP contribution is 2.01. The highest BCUT2D eigenvalue weighted by Gasteiger charge is 2.20. The third-order valence-corrected chi connectivity index (χ3v) is 2.68. The molecule has 0 spiro atoms. The maximum absolute atomic E-state index is 11.9. The molecule has 1 fully saturated rings. The summed E-state index contributed by atoms with van der Waals surface area (Å²) in [7, 11) is 1.64. The van der Waals surface area contributed by atoms with E-state index in [1.165, 1.54) is 4.90 Å². The molecule has 1 saturated heterocycles. The summed E-state index contributed by atoms with van der Waals surface area (Å²) in [6.07, 6.45) is 0.367. The van der Waals surface area contributed by atoms with Gasteiger partial charge in [-0.25, -0.2) is 0 Å². The van der Waals surface area contributed by atoms with Crippen molar-refractivity contribution >= 4 is 11.8 Å². The van der Waals surface area contributed by atoms with Gasteiger partial charge in [0.25, 0.3) is 0 Å². The minimum Gasteiger partial charge on any atom is -0.378 e. The number of morpholine rings is 1. The first-order chi connectivity index (χ1) is 8.49. The number of carbonyl (C=O) groups is 2. The zero-order valence-corrected chi connectivity index (χ0v) is 11.4. The second-order valence-corrected chi connectivity index (χ2v) is 4.90. The number of hydrogen-bond donors (Lipinski definition) is 2. The van der Waals surface area contributed by atoms with Gasteiger partial charge in [-0.15, -0.1) is 0 Å². The second-order valence-electron chi connectivity index (χ2n) is 4.90. The summed E-state index contributed by atoms with van der Waals surface area (Å²) in [6, 6.07) is 0.149. The van der Waals surface area contributed by atoms with Crippen LogP contribution in [0.2, 0.25) is 0 Å². The van der Waals surface area contributed by atoms with Gasteiger partial charge in [-0.3, -0.25) is 9.59 Å². The van der Waals surface area contributed by atoms with E-state index in [2.05, 4.69) is 10.6 Å². The van der Waals surface area contributed by atoms with Gasteiger partial charge in [0, 0.05) is 32.1 Å². The number of likely N-dealkylation sites (N-methyl/N-ethyl adjacent to an activating group) is 1. The van der Waals surface area contributed by atoms with Crippen molar-refractivity contribution in [1.82, 2.24) is 15.5 Å². The average molecular weight is 257 g/mol. The summed E-state index contributed by atoms with van der Waals surface area (Å²) < 4.78 is 5.28. The molecule has 0 aliphatic carbocycles. The van der Waals surface area contributed by atoms with Gasteiger partial charge in [-0.2, -0.15) is 0 Å². The molecule has 1 aliphatic heterocycles. The Balaban J connectivity index is 2.29. The van der Waals surface area contributed by atoms with Crippen LogP contribution in [0.1, 0.15) is 20.3 Å². The molecular weight excluding hydrogens is 234 g/mol. The van der Waals surface area contributed by atoms with Gasteiger partial charge >= 0.3 is 0 Å². The van der Waals surface area contributed by atoms with E-state index in [0.717, 1.165) is 6.54 Å². The summed E-state index contributed by atoms with van der Waals surface area (Å²) in [5, 5.41) is 5.98. The van der Waals surface area contributed by atoms with E-state index in [-0.39, 0.29) is 30.4 Å². The second kappa shape index (κ2) is 7.33. The molecule has 0 aromatic carbocycles. The number of nitrogens with one attached hydrogen (secondary N) is 2. The minimum atomic E-state index is -0.131. The molecule has 6 nitrogen and oxygen atoms in total. The number of nitrogens with zero attached hydrogens (tertiary/aromatic N) is 1. The lowest BCUT2D eigenvalue weighted by atomic mass is 10.2. The Hall–Kier alpha value is -1.14. The topological polar surface area (TPSA) is 70.7 Å². The van der Waals surface area contributed by atoms with Crippen molar-refractivity contribution in [1.29, 1.82) is 0 Å². The third kappa shape index (κ3) is 5.46. The molecule has 0 aromatic rings. The van der Waals surface area contributed by atoms with E-state index in [1.54, 1.807) is 7.05 Å². The Morgan fingerprint density at radius 2 is 2.22 bits per heavy atom. The molecule has 1 rings (SSSR count). The molecule has 0 bridgehead atoms. The maximum Gasteiger partial charge on any atom is 0.239 e. The SMILES string of the molecule is CC(C)NC(=O)CN(C)C(=O)CC1COCCN1. The van der Waals surface area contributed by atoms with Crippen LogP contribution in [-0.4, -0.2) is 62.1 Å². The van der Waals surface area contributed by atoms with Gasteiger partial charge in [0.2, 0.25) is 11.8 Å². The zero-order chi connectivity index (χ0) is 13.5. The predicted molar refractivity (Wildman–Crippen MR) is 68.1 cm³/mol. The number of amides is 2. The molecule has 6 heteroatoms. The lowest BCUT2D eigenvalue weighted by Crippen LogP contribution is -2.46. The van der Waals surface area contributed by atoms with Crippen LogP contribution in [0, 0.1) is 0 Å². The fourth-order valence-electron chi connectivity index (χ4n) is 1.79. The number of hydrogen-bond acceptors (Lipinski definition) is 4. The Labute approximate surface area is 108 Å². The normalized spacial score (nSPS) is 19.7. The highest BCUT2D eigenvalue weighted by molar-refractivity contribution is 5.84. The Morgan fingerprint density at radius 1 is 1.50 bits per heavy atom. The lowest BCUT2D eigenvalue weighted by molar-refractivity contribution is -0.135. The fraction of sp³-hybridized carbons (Fsp3) is 0.833. The Bertz CT molecular complexity index is 288. The molecule has 18 heavy (non-hydrogen) atoms. The van der Waals surface area contributed by atoms with Gasteiger partial charge in [-0.1, -0.05) is 0 Å². The van der Waals surface area contributed by atoms with Crippen molar-refractivity contribution in [3.63, 3.8) is 0 Å². The van der Waals surface area contributed by atoms with Gasteiger partial charge in [0.1, 0.15) is 0 Å². The van der Waals surface area contributed by atoms with E-state index in [0.29, 0.717) is 19.6 Å². The van der Waals surface area contributed by atoms with Gasteiger partial charge in [0.15, 0.2) is 0 Å². The van der Waals surface area contributed by atoms with E-state index in [4.69, 9.17) is 4.74 Å². The molecule has 1 heterocycles. The zero-order valence-electron chi connectivity index (χ0n) is 11.4. The molecule has 1 unspecified atom stereocenters.